The first-order valence-electron chi connectivity index (χ1n) is 10.6. The molecule has 0 atom stereocenters. The summed E-state index contributed by atoms with van der Waals surface area (Å²) in [6.07, 6.45) is 4.56. The van der Waals surface area contributed by atoms with Crippen molar-refractivity contribution in [1.29, 1.82) is 0 Å². The Kier molecular flexibility index (Phi) is 4.24. The van der Waals surface area contributed by atoms with Crippen LogP contribution in [0.25, 0.3) is 21.8 Å². The van der Waals surface area contributed by atoms with Crippen molar-refractivity contribution in [3.8, 4) is 0 Å². The van der Waals surface area contributed by atoms with Crippen LogP contribution in [0.1, 0.15) is 42.8 Å². The third-order valence-corrected chi connectivity index (χ3v) is 6.41. The van der Waals surface area contributed by atoms with Gasteiger partial charge in [-0.3, -0.25) is 9.59 Å². The van der Waals surface area contributed by atoms with Crippen molar-refractivity contribution in [1.82, 2.24) is 9.97 Å². The van der Waals surface area contributed by atoms with Gasteiger partial charge in [0, 0.05) is 39.6 Å². The van der Waals surface area contributed by atoms with Gasteiger partial charge in [-0.25, -0.2) is 0 Å². The number of rotatable bonds is 4. The van der Waals surface area contributed by atoms with Crippen LogP contribution in [0, 0.1) is 0 Å². The zero-order chi connectivity index (χ0) is 20.9. The van der Waals surface area contributed by atoms with Crippen LogP contribution in [0.3, 0.4) is 0 Å². The molecule has 0 saturated heterocycles. The molecule has 2 aromatic heterocycles. The van der Waals surface area contributed by atoms with Crippen LogP contribution in [0.5, 0.6) is 0 Å². The Hall–Kier alpha value is -3.40. The minimum absolute atomic E-state index is 0.0192. The van der Waals surface area contributed by atoms with Crippen molar-refractivity contribution in [2.24, 2.45) is 0 Å². The maximum Gasteiger partial charge on any atom is 0.171 e. The Bertz CT molecular complexity index is 1250. The van der Waals surface area contributed by atoms with Gasteiger partial charge < -0.3 is 9.97 Å². The normalized spacial score (nSPS) is 16.1. The van der Waals surface area contributed by atoms with Crippen molar-refractivity contribution >= 4 is 33.4 Å². The monoisotopic (exact) mass is 396 g/mol. The topological polar surface area (TPSA) is 65.7 Å². The summed E-state index contributed by atoms with van der Waals surface area (Å²) in [5, 5.41) is 2.02. The third kappa shape index (κ3) is 2.46. The van der Waals surface area contributed by atoms with E-state index in [4.69, 9.17) is 0 Å². The van der Waals surface area contributed by atoms with E-state index in [2.05, 4.69) is 35.9 Å². The van der Waals surface area contributed by atoms with Gasteiger partial charge in [0.1, 0.15) is 0 Å². The molecule has 0 aliphatic heterocycles. The van der Waals surface area contributed by atoms with Gasteiger partial charge in [0.2, 0.25) is 0 Å². The number of H-pyrrole nitrogens is 2. The maximum absolute atomic E-state index is 13.8. The standard InChI is InChI=1S/C26H24N2O2/c1-3-19-24(17-9-5-7-11-21(17)27-19)26(15-16(29)13-14-23(26)30)25-18-10-6-8-12-22(18)28-20(25)4-2/h5-14,27-28H,3-4,15H2,1-2H3. The molecule has 2 heterocycles. The minimum Gasteiger partial charge on any atom is -0.358 e. The van der Waals surface area contributed by atoms with Gasteiger partial charge in [-0.1, -0.05) is 50.2 Å². The Morgan fingerprint density at radius 3 is 1.77 bits per heavy atom. The van der Waals surface area contributed by atoms with E-state index in [1.165, 1.54) is 12.2 Å². The van der Waals surface area contributed by atoms with E-state index in [0.29, 0.717) is 0 Å². The van der Waals surface area contributed by atoms with Gasteiger partial charge in [-0.2, -0.15) is 0 Å². The smallest absolute Gasteiger partial charge is 0.171 e. The van der Waals surface area contributed by atoms with Crippen molar-refractivity contribution in [3.63, 3.8) is 0 Å². The van der Waals surface area contributed by atoms with Crippen molar-refractivity contribution in [2.75, 3.05) is 0 Å². The number of aryl methyl sites for hydroxylation is 2. The highest BCUT2D eigenvalue weighted by Crippen LogP contribution is 2.48. The highest BCUT2D eigenvalue weighted by Gasteiger charge is 2.49. The lowest BCUT2D eigenvalue weighted by atomic mass is 9.64. The highest BCUT2D eigenvalue weighted by atomic mass is 16.1. The molecule has 4 heteroatoms. The molecule has 2 aromatic carbocycles. The summed E-state index contributed by atoms with van der Waals surface area (Å²) in [6.45, 7) is 4.17. The number of carbonyl (C=O) groups excluding carboxylic acids is 2. The van der Waals surface area contributed by atoms with E-state index in [1.54, 1.807) is 0 Å². The first-order chi connectivity index (χ1) is 14.6. The number of benzene rings is 2. The highest BCUT2D eigenvalue weighted by molar-refractivity contribution is 6.16. The number of hydrogen-bond donors (Lipinski definition) is 2. The fourth-order valence-electron chi connectivity index (χ4n) is 5.17. The van der Waals surface area contributed by atoms with Crippen LogP contribution >= 0.6 is 0 Å². The van der Waals surface area contributed by atoms with Gasteiger partial charge >= 0.3 is 0 Å². The second-order valence-corrected chi connectivity index (χ2v) is 8.00. The van der Waals surface area contributed by atoms with Crippen molar-refractivity contribution in [2.45, 2.75) is 38.5 Å². The Morgan fingerprint density at radius 1 is 0.767 bits per heavy atom. The van der Waals surface area contributed by atoms with Crippen LogP contribution in [-0.2, 0) is 27.8 Å². The zero-order valence-electron chi connectivity index (χ0n) is 17.2. The summed E-state index contributed by atoms with van der Waals surface area (Å²) < 4.78 is 0. The molecule has 30 heavy (non-hydrogen) atoms. The summed E-state index contributed by atoms with van der Waals surface area (Å²) in [7, 11) is 0. The number of fused-ring (bicyclic) bond motifs is 2. The van der Waals surface area contributed by atoms with Gasteiger partial charge in [-0.05, 0) is 48.3 Å². The molecule has 0 bridgehead atoms. The third-order valence-electron chi connectivity index (χ3n) is 6.41. The Morgan fingerprint density at radius 2 is 1.27 bits per heavy atom. The van der Waals surface area contributed by atoms with Gasteiger partial charge in [0.15, 0.2) is 11.6 Å². The molecule has 0 fully saturated rings. The van der Waals surface area contributed by atoms with E-state index in [1.807, 2.05) is 36.4 Å². The lowest BCUT2D eigenvalue weighted by Crippen LogP contribution is -2.42. The number of aromatic amines is 2. The van der Waals surface area contributed by atoms with E-state index in [-0.39, 0.29) is 18.0 Å². The first-order valence-corrected chi connectivity index (χ1v) is 10.6. The largest absolute Gasteiger partial charge is 0.358 e. The fourth-order valence-corrected chi connectivity index (χ4v) is 5.17. The predicted molar refractivity (Wildman–Crippen MR) is 120 cm³/mol. The van der Waals surface area contributed by atoms with Gasteiger partial charge in [0.25, 0.3) is 0 Å². The molecule has 0 saturated carbocycles. The number of carbonyl (C=O) groups is 2. The number of para-hydroxylation sites is 2. The van der Waals surface area contributed by atoms with Gasteiger partial charge in [-0.15, -0.1) is 0 Å². The maximum atomic E-state index is 13.8. The van der Waals surface area contributed by atoms with E-state index >= 15 is 0 Å². The summed E-state index contributed by atoms with van der Waals surface area (Å²) in [6, 6.07) is 16.1. The summed E-state index contributed by atoms with van der Waals surface area (Å²) >= 11 is 0. The first kappa shape index (κ1) is 18.6. The second-order valence-electron chi connectivity index (χ2n) is 8.00. The molecule has 0 unspecified atom stereocenters. The molecule has 4 aromatic rings. The van der Waals surface area contributed by atoms with Crippen LogP contribution in [-0.4, -0.2) is 21.5 Å². The van der Waals surface area contributed by atoms with Crippen LogP contribution < -0.4 is 0 Å². The van der Waals surface area contributed by atoms with Crippen LogP contribution in [0.4, 0.5) is 0 Å². The molecule has 150 valence electrons. The Balaban J connectivity index is 1.98. The molecule has 0 amide bonds. The molecule has 5 rings (SSSR count). The number of ketones is 2. The Labute approximate surface area is 175 Å². The average Bonchev–Trinajstić information content (AvgIpc) is 3.34. The van der Waals surface area contributed by atoms with E-state index in [9.17, 15) is 9.59 Å². The number of hydrogen-bond acceptors (Lipinski definition) is 2. The SMILES string of the molecule is CCc1[nH]c2ccccc2c1C1(c2c(CC)[nH]c3ccccc23)CC(=O)C=CC1=O. The number of nitrogens with one attached hydrogen (secondary N) is 2. The van der Waals surface area contributed by atoms with E-state index in [0.717, 1.165) is 57.2 Å². The second kappa shape index (κ2) is 6.84. The summed E-state index contributed by atoms with van der Waals surface area (Å²) in [4.78, 5) is 33.7. The molecule has 4 nitrogen and oxygen atoms in total. The van der Waals surface area contributed by atoms with Crippen molar-refractivity contribution < 1.29 is 9.59 Å². The molecular formula is C26H24N2O2. The lowest BCUT2D eigenvalue weighted by Gasteiger charge is -2.35. The fraction of sp³-hybridized carbons (Fsp3) is 0.231. The molecule has 1 aliphatic carbocycles. The number of allylic oxidation sites excluding steroid dienone is 2. The van der Waals surface area contributed by atoms with Crippen LogP contribution in [0.2, 0.25) is 0 Å². The molecule has 0 radical (unpaired) electrons. The zero-order valence-corrected chi connectivity index (χ0v) is 17.2. The molecule has 0 spiro atoms. The molecular weight excluding hydrogens is 372 g/mol. The average molecular weight is 396 g/mol. The molecule has 1 aliphatic rings. The number of aromatic nitrogens is 2. The van der Waals surface area contributed by atoms with Crippen LogP contribution in [0.15, 0.2) is 60.7 Å². The van der Waals surface area contributed by atoms with Crippen molar-refractivity contribution in [3.05, 3.63) is 83.2 Å². The summed E-state index contributed by atoms with van der Waals surface area (Å²) in [5.41, 5.74) is 4.88. The predicted octanol–water partition coefficient (Wildman–Crippen LogP) is 5.16. The lowest BCUT2D eigenvalue weighted by molar-refractivity contribution is -0.125. The quantitative estimate of drug-likeness (QED) is 0.500. The van der Waals surface area contributed by atoms with E-state index < -0.39 is 5.41 Å². The minimum atomic E-state index is -1.04. The van der Waals surface area contributed by atoms with Gasteiger partial charge in [0.05, 0.1) is 5.41 Å². The molecule has 2 N–H and O–H groups in total. The summed E-state index contributed by atoms with van der Waals surface area (Å²) in [5.74, 6) is -0.0460.